The number of anilines is 2. The molecule has 7 nitrogen and oxygen atoms in total. The third-order valence-electron chi connectivity index (χ3n) is 2.87. The second-order valence-electron chi connectivity index (χ2n) is 4.47. The predicted molar refractivity (Wildman–Crippen MR) is 84.8 cm³/mol. The molecular weight excluding hydrogens is 310 g/mol. The maximum Gasteiger partial charge on any atom is 0.313 e. The molecule has 8 heteroatoms. The molecule has 0 saturated heterocycles. The van der Waals surface area contributed by atoms with Gasteiger partial charge in [0.15, 0.2) is 0 Å². The molecule has 0 aliphatic rings. The van der Waals surface area contributed by atoms with E-state index in [-0.39, 0.29) is 0 Å². The van der Waals surface area contributed by atoms with Crippen LogP contribution in [-0.4, -0.2) is 57.2 Å². The fourth-order valence-corrected chi connectivity index (χ4v) is 1.83. The van der Waals surface area contributed by atoms with Crippen molar-refractivity contribution in [3.8, 4) is 0 Å². The summed E-state index contributed by atoms with van der Waals surface area (Å²) in [5, 5.41) is 2.80. The van der Waals surface area contributed by atoms with E-state index in [9.17, 15) is 9.59 Å². The van der Waals surface area contributed by atoms with Crippen molar-refractivity contribution in [1.29, 1.82) is 0 Å². The van der Waals surface area contributed by atoms with Crippen molar-refractivity contribution in [2.45, 2.75) is 0 Å². The highest BCUT2D eigenvalue weighted by Gasteiger charge is 2.21. The van der Waals surface area contributed by atoms with Crippen molar-refractivity contribution >= 4 is 34.8 Å². The Morgan fingerprint density at radius 1 is 1.23 bits per heavy atom. The summed E-state index contributed by atoms with van der Waals surface area (Å²) >= 11 is 5.87. The van der Waals surface area contributed by atoms with Gasteiger partial charge < -0.3 is 25.4 Å². The lowest BCUT2D eigenvalue weighted by molar-refractivity contribution is -0.144. The van der Waals surface area contributed by atoms with Gasteiger partial charge in [0.2, 0.25) is 0 Å². The summed E-state index contributed by atoms with van der Waals surface area (Å²) in [5.74, 6) is -1.42. The normalized spacial score (nSPS) is 10.3. The van der Waals surface area contributed by atoms with Crippen molar-refractivity contribution in [2.75, 3.05) is 51.6 Å². The highest BCUT2D eigenvalue weighted by atomic mass is 35.5. The molecule has 3 N–H and O–H groups in total. The first-order valence-electron chi connectivity index (χ1n) is 6.62. The van der Waals surface area contributed by atoms with Gasteiger partial charge in [0.1, 0.15) is 0 Å². The Bertz CT molecular complexity index is 517. The number of ether oxygens (including phenoxy) is 2. The molecule has 0 atom stereocenters. The summed E-state index contributed by atoms with van der Waals surface area (Å²) in [6.45, 7) is 1.26. The van der Waals surface area contributed by atoms with Crippen LogP contribution in [0.15, 0.2) is 18.2 Å². The van der Waals surface area contributed by atoms with Crippen LogP contribution >= 0.6 is 11.6 Å². The van der Waals surface area contributed by atoms with Gasteiger partial charge in [-0.05, 0) is 18.2 Å². The average molecular weight is 330 g/mol. The topological polar surface area (TPSA) is 93.9 Å². The predicted octanol–water partition coefficient (Wildman–Crippen LogP) is 0.982. The van der Waals surface area contributed by atoms with E-state index in [1.165, 1.54) is 25.2 Å². The van der Waals surface area contributed by atoms with Crippen LogP contribution in [0.1, 0.15) is 0 Å². The molecule has 22 heavy (non-hydrogen) atoms. The van der Waals surface area contributed by atoms with Gasteiger partial charge in [-0.25, -0.2) is 0 Å². The number of hydrogen-bond acceptors (Lipinski definition) is 5. The number of carbonyl (C=O) groups excluding carboxylic acids is 2. The van der Waals surface area contributed by atoms with Crippen molar-refractivity contribution in [3.63, 3.8) is 0 Å². The van der Waals surface area contributed by atoms with Gasteiger partial charge in [-0.15, -0.1) is 0 Å². The van der Waals surface area contributed by atoms with Crippen LogP contribution in [0.25, 0.3) is 0 Å². The quantitative estimate of drug-likeness (QED) is 0.574. The summed E-state index contributed by atoms with van der Waals surface area (Å²) in [5.41, 5.74) is 6.38. The Hall–Kier alpha value is -1.83. The summed E-state index contributed by atoms with van der Waals surface area (Å²) < 4.78 is 9.86. The maximum atomic E-state index is 12.2. The van der Waals surface area contributed by atoms with Crippen molar-refractivity contribution < 1.29 is 19.1 Å². The van der Waals surface area contributed by atoms with Gasteiger partial charge in [0.05, 0.1) is 23.9 Å². The smallest absolute Gasteiger partial charge is 0.313 e. The molecule has 0 radical (unpaired) electrons. The second-order valence-corrected chi connectivity index (χ2v) is 4.88. The molecule has 122 valence electrons. The maximum absolute atomic E-state index is 12.2. The molecule has 1 aromatic carbocycles. The number of amides is 2. The standard InChI is InChI=1S/C14H20ClN3O4/c1-21-7-5-18(6-8-22-2)14(20)13(19)17-10-3-4-12(16)11(15)9-10/h3-4,9H,5-8,16H2,1-2H3,(H,17,19). The minimum Gasteiger partial charge on any atom is -0.398 e. The Kier molecular flexibility index (Phi) is 7.65. The van der Waals surface area contributed by atoms with Gasteiger partial charge in [-0.2, -0.15) is 0 Å². The van der Waals surface area contributed by atoms with E-state index in [2.05, 4.69) is 5.32 Å². The fourth-order valence-electron chi connectivity index (χ4n) is 1.65. The minimum absolute atomic E-state index is 0.300. The largest absolute Gasteiger partial charge is 0.398 e. The molecule has 0 bridgehead atoms. The molecule has 0 aromatic heterocycles. The third-order valence-corrected chi connectivity index (χ3v) is 3.20. The fraction of sp³-hybridized carbons (Fsp3) is 0.429. The number of nitrogens with zero attached hydrogens (tertiary/aromatic N) is 1. The highest BCUT2D eigenvalue weighted by molar-refractivity contribution is 6.40. The lowest BCUT2D eigenvalue weighted by atomic mass is 10.3. The first-order valence-corrected chi connectivity index (χ1v) is 7.00. The van der Waals surface area contributed by atoms with Gasteiger partial charge in [-0.3, -0.25) is 9.59 Å². The number of nitrogen functional groups attached to an aromatic ring is 1. The van der Waals surface area contributed by atoms with Crippen molar-refractivity contribution in [3.05, 3.63) is 23.2 Å². The Balaban J connectivity index is 2.70. The Morgan fingerprint density at radius 3 is 2.32 bits per heavy atom. The monoisotopic (exact) mass is 329 g/mol. The first kappa shape index (κ1) is 18.2. The number of benzene rings is 1. The number of hydrogen-bond donors (Lipinski definition) is 2. The molecule has 0 aliphatic carbocycles. The Labute approximate surface area is 134 Å². The molecule has 1 rings (SSSR count). The van der Waals surface area contributed by atoms with E-state index in [4.69, 9.17) is 26.8 Å². The summed E-state index contributed by atoms with van der Waals surface area (Å²) in [7, 11) is 3.05. The highest BCUT2D eigenvalue weighted by Crippen LogP contribution is 2.22. The third kappa shape index (κ3) is 5.51. The van der Waals surface area contributed by atoms with E-state index in [1.807, 2.05) is 0 Å². The summed E-state index contributed by atoms with van der Waals surface area (Å²) in [6.07, 6.45) is 0. The zero-order valence-electron chi connectivity index (χ0n) is 12.6. The van der Waals surface area contributed by atoms with E-state index < -0.39 is 11.8 Å². The number of nitrogens with two attached hydrogens (primary N) is 1. The molecular formula is C14H20ClN3O4. The number of halogens is 1. The van der Waals surface area contributed by atoms with E-state index in [1.54, 1.807) is 12.1 Å². The van der Waals surface area contributed by atoms with Crippen LogP contribution in [0.4, 0.5) is 11.4 Å². The van der Waals surface area contributed by atoms with E-state index >= 15 is 0 Å². The zero-order chi connectivity index (χ0) is 16.5. The van der Waals surface area contributed by atoms with Crippen molar-refractivity contribution in [1.82, 2.24) is 4.90 Å². The molecule has 1 aromatic rings. The lowest BCUT2D eigenvalue weighted by Gasteiger charge is -2.21. The number of carbonyl (C=O) groups is 2. The van der Waals surface area contributed by atoms with Crippen molar-refractivity contribution in [2.24, 2.45) is 0 Å². The van der Waals surface area contributed by atoms with Crippen LogP contribution in [0.3, 0.4) is 0 Å². The zero-order valence-corrected chi connectivity index (χ0v) is 13.4. The van der Waals surface area contributed by atoms with Crippen LogP contribution < -0.4 is 11.1 Å². The SMILES string of the molecule is COCCN(CCOC)C(=O)C(=O)Nc1ccc(N)c(Cl)c1. The second kappa shape index (κ2) is 9.24. The van der Waals surface area contributed by atoms with E-state index in [0.717, 1.165) is 0 Å². The molecule has 0 aliphatic heterocycles. The molecule has 0 heterocycles. The van der Waals surface area contributed by atoms with Gasteiger partial charge in [0.25, 0.3) is 0 Å². The average Bonchev–Trinajstić information content (AvgIpc) is 2.50. The Morgan fingerprint density at radius 2 is 1.82 bits per heavy atom. The number of rotatable bonds is 7. The van der Waals surface area contributed by atoms with Gasteiger partial charge >= 0.3 is 11.8 Å². The number of nitrogens with one attached hydrogen (secondary N) is 1. The lowest BCUT2D eigenvalue weighted by Crippen LogP contribution is -2.43. The number of methoxy groups -OCH3 is 2. The van der Waals surface area contributed by atoms with E-state index in [0.29, 0.717) is 42.7 Å². The molecule has 0 fully saturated rings. The molecule has 0 spiro atoms. The molecule has 0 unspecified atom stereocenters. The van der Waals surface area contributed by atoms with Crippen LogP contribution in [-0.2, 0) is 19.1 Å². The first-order chi connectivity index (χ1) is 10.5. The molecule has 0 saturated carbocycles. The van der Waals surface area contributed by atoms with Gasteiger partial charge in [0, 0.05) is 33.0 Å². The van der Waals surface area contributed by atoms with Crippen LogP contribution in [0.5, 0.6) is 0 Å². The summed E-state index contributed by atoms with van der Waals surface area (Å²) in [6, 6.07) is 4.60. The summed E-state index contributed by atoms with van der Waals surface area (Å²) in [4.78, 5) is 25.5. The van der Waals surface area contributed by atoms with Gasteiger partial charge in [-0.1, -0.05) is 11.6 Å². The minimum atomic E-state index is -0.756. The van der Waals surface area contributed by atoms with Crippen LogP contribution in [0.2, 0.25) is 5.02 Å². The molecule has 2 amide bonds. The van der Waals surface area contributed by atoms with Crippen LogP contribution in [0, 0.1) is 0 Å².